The molecule has 76 valence electrons. The van der Waals surface area contributed by atoms with Gasteiger partial charge in [-0.2, -0.15) is 0 Å². The zero-order valence-corrected chi connectivity index (χ0v) is 9.19. The summed E-state index contributed by atoms with van der Waals surface area (Å²) in [6.07, 6.45) is 0. The summed E-state index contributed by atoms with van der Waals surface area (Å²) in [4.78, 5) is 10.4. The summed E-state index contributed by atoms with van der Waals surface area (Å²) in [5, 5.41) is 12.1. The molecular formula is C10H7BrN2O2. The van der Waals surface area contributed by atoms with Crippen molar-refractivity contribution in [2.75, 3.05) is 5.73 Å². The Morgan fingerprint density at radius 2 is 2.00 bits per heavy atom. The van der Waals surface area contributed by atoms with Gasteiger partial charge >= 0.3 is 0 Å². The third-order valence-electron chi connectivity index (χ3n) is 2.20. The van der Waals surface area contributed by atoms with Gasteiger partial charge in [-0.25, -0.2) is 0 Å². The van der Waals surface area contributed by atoms with E-state index in [1.165, 1.54) is 6.07 Å². The molecule has 0 aromatic heterocycles. The van der Waals surface area contributed by atoms with Crippen LogP contribution in [0.5, 0.6) is 0 Å². The average molecular weight is 267 g/mol. The summed E-state index contributed by atoms with van der Waals surface area (Å²) in [5.74, 6) is 0. The number of nitro groups is 1. The van der Waals surface area contributed by atoms with Crippen molar-refractivity contribution in [2.45, 2.75) is 0 Å². The van der Waals surface area contributed by atoms with Gasteiger partial charge in [-0.1, -0.05) is 12.1 Å². The number of hydrogen-bond donors (Lipinski definition) is 1. The zero-order valence-electron chi connectivity index (χ0n) is 7.61. The first kappa shape index (κ1) is 9.92. The quantitative estimate of drug-likeness (QED) is 0.490. The van der Waals surface area contributed by atoms with Gasteiger partial charge in [0.1, 0.15) is 0 Å². The normalized spacial score (nSPS) is 10.5. The van der Waals surface area contributed by atoms with Crippen molar-refractivity contribution in [1.82, 2.24) is 0 Å². The SMILES string of the molecule is Nc1ccc(Br)c2c([N+](=O)[O-])cccc12. The smallest absolute Gasteiger partial charge is 0.278 e. The number of hydrogen-bond acceptors (Lipinski definition) is 3. The number of nitro benzene ring substituents is 1. The molecule has 0 unspecified atom stereocenters. The molecule has 0 aliphatic rings. The van der Waals surface area contributed by atoms with Gasteiger partial charge in [0.25, 0.3) is 5.69 Å². The number of halogens is 1. The molecule has 0 saturated heterocycles. The summed E-state index contributed by atoms with van der Waals surface area (Å²) >= 11 is 3.29. The number of fused-ring (bicyclic) bond motifs is 1. The van der Waals surface area contributed by atoms with Crippen LogP contribution in [0, 0.1) is 10.1 Å². The molecule has 0 bridgehead atoms. The summed E-state index contributed by atoms with van der Waals surface area (Å²) in [5.41, 5.74) is 6.35. The Morgan fingerprint density at radius 1 is 1.27 bits per heavy atom. The van der Waals surface area contributed by atoms with E-state index in [2.05, 4.69) is 15.9 Å². The molecule has 2 aromatic rings. The minimum atomic E-state index is -0.410. The lowest BCUT2D eigenvalue weighted by molar-refractivity contribution is -0.383. The second-order valence-corrected chi connectivity index (χ2v) is 3.95. The summed E-state index contributed by atoms with van der Waals surface area (Å²) < 4.78 is 0.680. The highest BCUT2D eigenvalue weighted by atomic mass is 79.9. The number of benzene rings is 2. The Labute approximate surface area is 94.0 Å². The van der Waals surface area contributed by atoms with Gasteiger partial charge in [-0.3, -0.25) is 10.1 Å². The number of anilines is 1. The minimum Gasteiger partial charge on any atom is -0.398 e. The van der Waals surface area contributed by atoms with Crippen molar-refractivity contribution in [3.8, 4) is 0 Å². The van der Waals surface area contributed by atoms with Crippen molar-refractivity contribution in [2.24, 2.45) is 0 Å². The summed E-state index contributed by atoms with van der Waals surface area (Å²) in [7, 11) is 0. The molecule has 15 heavy (non-hydrogen) atoms. The standard InChI is InChI=1S/C10H7BrN2O2/c11-7-4-5-8(12)6-2-1-3-9(10(6)7)13(14)15/h1-5H,12H2. The number of non-ortho nitro benzene ring substituents is 1. The fourth-order valence-corrected chi connectivity index (χ4v) is 2.07. The van der Waals surface area contributed by atoms with Crippen LogP contribution >= 0.6 is 15.9 Å². The molecular weight excluding hydrogens is 260 g/mol. The molecule has 4 nitrogen and oxygen atoms in total. The maximum absolute atomic E-state index is 10.8. The molecule has 0 radical (unpaired) electrons. The largest absolute Gasteiger partial charge is 0.398 e. The van der Waals surface area contributed by atoms with Crippen LogP contribution in [0.1, 0.15) is 0 Å². The fraction of sp³-hybridized carbons (Fsp3) is 0. The van der Waals surface area contributed by atoms with Gasteiger partial charge in [0.2, 0.25) is 0 Å². The van der Waals surface area contributed by atoms with E-state index >= 15 is 0 Å². The molecule has 2 aromatic carbocycles. The molecule has 0 fully saturated rings. The first-order chi connectivity index (χ1) is 7.11. The second kappa shape index (κ2) is 3.51. The Hall–Kier alpha value is -1.62. The molecule has 0 amide bonds. The highest BCUT2D eigenvalue weighted by Gasteiger charge is 2.14. The molecule has 0 spiro atoms. The highest BCUT2D eigenvalue weighted by molar-refractivity contribution is 9.10. The molecule has 2 N–H and O–H groups in total. The third kappa shape index (κ3) is 1.55. The topological polar surface area (TPSA) is 69.2 Å². The van der Waals surface area contributed by atoms with Crippen LogP contribution in [0.3, 0.4) is 0 Å². The number of nitrogens with two attached hydrogens (primary N) is 1. The number of rotatable bonds is 1. The van der Waals surface area contributed by atoms with Gasteiger partial charge in [0, 0.05) is 21.6 Å². The minimum absolute atomic E-state index is 0.0617. The van der Waals surface area contributed by atoms with Crippen molar-refractivity contribution in [3.63, 3.8) is 0 Å². The van der Waals surface area contributed by atoms with Gasteiger partial charge in [0.15, 0.2) is 0 Å². The van der Waals surface area contributed by atoms with Crippen LogP contribution in [0.2, 0.25) is 0 Å². The zero-order chi connectivity index (χ0) is 11.0. The average Bonchev–Trinajstić information content (AvgIpc) is 2.23. The second-order valence-electron chi connectivity index (χ2n) is 3.09. The van der Waals surface area contributed by atoms with Crippen molar-refractivity contribution < 1.29 is 4.92 Å². The molecule has 2 rings (SSSR count). The van der Waals surface area contributed by atoms with Crippen molar-refractivity contribution in [3.05, 3.63) is 44.9 Å². The first-order valence-electron chi connectivity index (χ1n) is 4.22. The van der Waals surface area contributed by atoms with Gasteiger partial charge in [-0.05, 0) is 28.1 Å². The predicted octanol–water partition coefficient (Wildman–Crippen LogP) is 3.09. The molecule has 0 heterocycles. The Morgan fingerprint density at radius 3 is 2.67 bits per heavy atom. The van der Waals surface area contributed by atoms with Crippen LogP contribution in [0.4, 0.5) is 11.4 Å². The van der Waals surface area contributed by atoms with E-state index in [1.54, 1.807) is 24.3 Å². The molecule has 5 heteroatoms. The summed E-state index contributed by atoms with van der Waals surface area (Å²) in [6, 6.07) is 8.29. The molecule has 0 saturated carbocycles. The Balaban J connectivity index is 2.96. The Bertz CT molecular complexity index is 554. The molecule has 0 aliphatic carbocycles. The van der Waals surface area contributed by atoms with E-state index in [1.807, 2.05) is 0 Å². The van der Waals surface area contributed by atoms with E-state index in [0.717, 1.165) is 0 Å². The maximum atomic E-state index is 10.8. The van der Waals surface area contributed by atoms with Crippen LogP contribution in [-0.4, -0.2) is 4.92 Å². The maximum Gasteiger partial charge on any atom is 0.278 e. The van der Waals surface area contributed by atoms with Crippen LogP contribution in [-0.2, 0) is 0 Å². The van der Waals surface area contributed by atoms with E-state index in [0.29, 0.717) is 20.9 Å². The molecule has 0 atom stereocenters. The van der Waals surface area contributed by atoms with Crippen molar-refractivity contribution in [1.29, 1.82) is 0 Å². The van der Waals surface area contributed by atoms with Crippen LogP contribution in [0.25, 0.3) is 10.8 Å². The number of nitrogen functional groups attached to an aromatic ring is 1. The summed E-state index contributed by atoms with van der Waals surface area (Å²) in [6.45, 7) is 0. The lowest BCUT2D eigenvalue weighted by atomic mass is 10.1. The lowest BCUT2D eigenvalue weighted by Gasteiger charge is -2.04. The van der Waals surface area contributed by atoms with E-state index in [-0.39, 0.29) is 5.69 Å². The highest BCUT2D eigenvalue weighted by Crippen LogP contribution is 2.34. The predicted molar refractivity (Wildman–Crippen MR) is 62.7 cm³/mol. The van der Waals surface area contributed by atoms with E-state index < -0.39 is 4.92 Å². The monoisotopic (exact) mass is 266 g/mol. The van der Waals surface area contributed by atoms with Crippen molar-refractivity contribution >= 4 is 38.1 Å². The van der Waals surface area contributed by atoms with Gasteiger partial charge in [-0.15, -0.1) is 0 Å². The third-order valence-corrected chi connectivity index (χ3v) is 2.86. The first-order valence-corrected chi connectivity index (χ1v) is 5.01. The van der Waals surface area contributed by atoms with Crippen LogP contribution in [0.15, 0.2) is 34.8 Å². The lowest BCUT2D eigenvalue weighted by Crippen LogP contribution is -1.93. The van der Waals surface area contributed by atoms with Gasteiger partial charge in [0.05, 0.1) is 10.3 Å². The number of nitrogens with zero attached hydrogens (tertiary/aromatic N) is 1. The van der Waals surface area contributed by atoms with Crippen LogP contribution < -0.4 is 5.73 Å². The van der Waals surface area contributed by atoms with Gasteiger partial charge < -0.3 is 5.73 Å². The Kier molecular flexibility index (Phi) is 2.32. The van der Waals surface area contributed by atoms with E-state index in [4.69, 9.17) is 5.73 Å². The molecule has 0 aliphatic heterocycles. The fourth-order valence-electron chi connectivity index (χ4n) is 1.52. The van der Waals surface area contributed by atoms with E-state index in [9.17, 15) is 10.1 Å².